The van der Waals surface area contributed by atoms with Crippen LogP contribution >= 0.6 is 0 Å². The van der Waals surface area contributed by atoms with Gasteiger partial charge in [-0.05, 0) is 30.7 Å². The van der Waals surface area contributed by atoms with Gasteiger partial charge in [-0.25, -0.2) is 9.37 Å². The molecule has 174 valence electrons. The predicted molar refractivity (Wildman–Crippen MR) is 121 cm³/mol. The van der Waals surface area contributed by atoms with Crippen LogP contribution in [0.15, 0.2) is 53.7 Å². The fraction of sp³-hybridized carbons (Fsp3) is 0.208. The number of hydrogen-bond acceptors (Lipinski definition) is 6. The molecule has 1 aliphatic heterocycles. The van der Waals surface area contributed by atoms with Crippen LogP contribution in [0.4, 0.5) is 4.39 Å². The smallest absolute Gasteiger partial charge is 0.272 e. The first-order chi connectivity index (χ1) is 16.4. The Bertz CT molecular complexity index is 1440. The summed E-state index contributed by atoms with van der Waals surface area (Å²) in [6.07, 6.45) is 4.70. The summed E-state index contributed by atoms with van der Waals surface area (Å²) in [6.45, 7) is 2.41. The number of halogens is 1. The van der Waals surface area contributed by atoms with Crippen LogP contribution in [0.1, 0.15) is 28.9 Å². The molecule has 0 bridgehead atoms. The number of aromatic amines is 1. The molecule has 3 aromatic heterocycles. The van der Waals surface area contributed by atoms with Crippen LogP contribution in [0, 0.1) is 5.82 Å². The standard InChI is InChI=1S/C24H21FN4O5/c1-13(14-3-6-20(32-2)26-10-14)27-23(30)15-9-18-24(31)28-17(12-29(18)11-15)16-4-5-19-22(21(16)25)34-8-7-33-19/h3-6,9-13H,7-8H2,1-2H3,(H,27,30)(H,28,31)/t13-/m0/s1. The van der Waals surface area contributed by atoms with Gasteiger partial charge in [0.15, 0.2) is 17.3 Å². The molecule has 0 radical (unpaired) electrons. The highest BCUT2D eigenvalue weighted by atomic mass is 19.1. The highest BCUT2D eigenvalue weighted by Gasteiger charge is 2.22. The number of H-pyrrole nitrogens is 1. The summed E-state index contributed by atoms with van der Waals surface area (Å²) in [6, 6.07) is 7.79. The molecule has 34 heavy (non-hydrogen) atoms. The predicted octanol–water partition coefficient (Wildman–Crippen LogP) is 3.10. The molecule has 1 amide bonds. The third-order valence-corrected chi connectivity index (χ3v) is 5.61. The fourth-order valence-electron chi connectivity index (χ4n) is 3.81. The van der Waals surface area contributed by atoms with E-state index in [0.29, 0.717) is 23.8 Å². The highest BCUT2D eigenvalue weighted by Crippen LogP contribution is 2.37. The lowest BCUT2D eigenvalue weighted by atomic mass is 10.1. The van der Waals surface area contributed by atoms with E-state index in [-0.39, 0.29) is 41.1 Å². The zero-order valence-corrected chi connectivity index (χ0v) is 18.4. The molecule has 1 aromatic carbocycles. The first-order valence-corrected chi connectivity index (χ1v) is 10.6. The average molecular weight is 464 g/mol. The van der Waals surface area contributed by atoms with E-state index in [4.69, 9.17) is 14.2 Å². The van der Waals surface area contributed by atoms with Crippen molar-refractivity contribution in [2.24, 2.45) is 0 Å². The zero-order chi connectivity index (χ0) is 23.8. The maximum absolute atomic E-state index is 15.0. The number of nitrogens with one attached hydrogen (secondary N) is 2. The summed E-state index contributed by atoms with van der Waals surface area (Å²) in [7, 11) is 1.53. The molecule has 2 N–H and O–H groups in total. The number of rotatable bonds is 5. The van der Waals surface area contributed by atoms with E-state index in [1.807, 2.05) is 13.0 Å². The molecule has 10 heteroatoms. The van der Waals surface area contributed by atoms with Crippen molar-refractivity contribution in [1.29, 1.82) is 0 Å². The van der Waals surface area contributed by atoms with Crippen LogP contribution in [-0.2, 0) is 0 Å². The Balaban J connectivity index is 1.43. The molecule has 1 aliphatic rings. The maximum atomic E-state index is 15.0. The first-order valence-electron chi connectivity index (χ1n) is 10.6. The maximum Gasteiger partial charge on any atom is 0.272 e. The number of carbonyl (C=O) groups excluding carboxylic acids is 1. The Hall–Kier alpha value is -4.34. The number of pyridine rings is 1. The second kappa shape index (κ2) is 8.54. The van der Waals surface area contributed by atoms with Gasteiger partial charge >= 0.3 is 0 Å². The quantitative estimate of drug-likeness (QED) is 0.470. The van der Waals surface area contributed by atoms with Gasteiger partial charge in [0.05, 0.1) is 24.4 Å². The largest absolute Gasteiger partial charge is 0.486 e. The summed E-state index contributed by atoms with van der Waals surface area (Å²) >= 11 is 0. The number of ether oxygens (including phenoxy) is 3. The number of carbonyl (C=O) groups is 1. The van der Waals surface area contributed by atoms with Gasteiger partial charge in [0.1, 0.15) is 18.7 Å². The van der Waals surface area contributed by atoms with Crippen molar-refractivity contribution >= 4 is 11.4 Å². The van der Waals surface area contributed by atoms with Crippen LogP contribution < -0.4 is 25.1 Å². The Labute approximate surface area is 193 Å². The number of fused-ring (bicyclic) bond motifs is 2. The molecule has 0 spiro atoms. The summed E-state index contributed by atoms with van der Waals surface area (Å²) in [4.78, 5) is 32.4. The van der Waals surface area contributed by atoms with Crippen LogP contribution in [0.3, 0.4) is 0 Å². The van der Waals surface area contributed by atoms with E-state index in [1.165, 1.54) is 29.8 Å². The van der Waals surface area contributed by atoms with Crippen molar-refractivity contribution in [2.75, 3.05) is 20.3 Å². The molecule has 0 saturated carbocycles. The molecule has 0 saturated heterocycles. The van der Waals surface area contributed by atoms with E-state index < -0.39 is 11.4 Å². The van der Waals surface area contributed by atoms with E-state index in [1.54, 1.807) is 24.5 Å². The van der Waals surface area contributed by atoms with Crippen molar-refractivity contribution in [1.82, 2.24) is 19.7 Å². The molecule has 9 nitrogen and oxygen atoms in total. The van der Waals surface area contributed by atoms with Crippen molar-refractivity contribution in [3.05, 3.63) is 76.2 Å². The molecular formula is C24H21FN4O5. The number of hydrogen-bond donors (Lipinski definition) is 2. The highest BCUT2D eigenvalue weighted by molar-refractivity contribution is 5.95. The second-order valence-electron chi connectivity index (χ2n) is 7.80. The third-order valence-electron chi connectivity index (χ3n) is 5.61. The Morgan fingerprint density at radius 3 is 2.82 bits per heavy atom. The Morgan fingerprint density at radius 1 is 1.24 bits per heavy atom. The van der Waals surface area contributed by atoms with Gasteiger partial charge in [0, 0.05) is 30.2 Å². The Kier molecular flexibility index (Phi) is 5.40. The second-order valence-corrected chi connectivity index (χ2v) is 7.80. The summed E-state index contributed by atoms with van der Waals surface area (Å²) < 4.78 is 32.4. The lowest BCUT2D eigenvalue weighted by Gasteiger charge is -2.19. The minimum Gasteiger partial charge on any atom is -0.486 e. The monoisotopic (exact) mass is 464 g/mol. The SMILES string of the molecule is COc1ccc([C@H](C)NC(=O)c2cc3c(=O)[nH]c(-c4ccc5c(c4F)OCCO5)cn3c2)cn1. The minimum atomic E-state index is -0.626. The number of nitrogens with zero attached hydrogens (tertiary/aromatic N) is 2. The van der Waals surface area contributed by atoms with Crippen LogP contribution in [-0.4, -0.2) is 40.6 Å². The third kappa shape index (κ3) is 3.83. The topological polar surface area (TPSA) is 107 Å². The van der Waals surface area contributed by atoms with Gasteiger partial charge in [-0.15, -0.1) is 0 Å². The van der Waals surface area contributed by atoms with Crippen LogP contribution in [0.5, 0.6) is 17.4 Å². The molecule has 0 fully saturated rings. The van der Waals surface area contributed by atoms with Crippen molar-refractivity contribution in [3.63, 3.8) is 0 Å². The molecule has 4 heterocycles. The van der Waals surface area contributed by atoms with Gasteiger partial charge < -0.3 is 28.9 Å². The molecule has 4 aromatic rings. The van der Waals surface area contributed by atoms with Gasteiger partial charge in [-0.3, -0.25) is 9.59 Å². The van der Waals surface area contributed by atoms with Gasteiger partial charge in [-0.1, -0.05) is 6.07 Å². The molecule has 0 aliphatic carbocycles. The molecule has 1 atom stereocenters. The zero-order valence-electron chi connectivity index (χ0n) is 18.4. The van der Waals surface area contributed by atoms with E-state index in [2.05, 4.69) is 15.3 Å². The molecular weight excluding hydrogens is 443 g/mol. The number of methoxy groups -OCH3 is 1. The number of aromatic nitrogens is 3. The van der Waals surface area contributed by atoms with Crippen molar-refractivity contribution < 1.29 is 23.4 Å². The van der Waals surface area contributed by atoms with E-state index in [0.717, 1.165) is 5.56 Å². The van der Waals surface area contributed by atoms with Gasteiger partial charge in [0.25, 0.3) is 11.5 Å². The van der Waals surface area contributed by atoms with Crippen LogP contribution in [0.25, 0.3) is 16.8 Å². The normalized spacial score (nSPS) is 13.5. The lowest BCUT2D eigenvalue weighted by Crippen LogP contribution is -2.26. The van der Waals surface area contributed by atoms with E-state index >= 15 is 4.39 Å². The summed E-state index contributed by atoms with van der Waals surface area (Å²) in [5.41, 5.74) is 1.28. The molecule has 5 rings (SSSR count). The van der Waals surface area contributed by atoms with E-state index in [9.17, 15) is 9.59 Å². The average Bonchev–Trinajstić information content (AvgIpc) is 3.29. The van der Waals surface area contributed by atoms with Crippen molar-refractivity contribution in [3.8, 4) is 28.6 Å². The Morgan fingerprint density at radius 2 is 2.06 bits per heavy atom. The fourth-order valence-corrected chi connectivity index (χ4v) is 3.81. The number of benzene rings is 1. The van der Waals surface area contributed by atoms with Crippen LogP contribution in [0.2, 0.25) is 0 Å². The van der Waals surface area contributed by atoms with Gasteiger partial charge in [0.2, 0.25) is 5.88 Å². The lowest BCUT2D eigenvalue weighted by molar-refractivity contribution is 0.0940. The number of amides is 1. The molecule has 0 unspecified atom stereocenters. The van der Waals surface area contributed by atoms with Crippen molar-refractivity contribution in [2.45, 2.75) is 13.0 Å². The minimum absolute atomic E-state index is 0.0132. The van der Waals surface area contributed by atoms with Gasteiger partial charge in [-0.2, -0.15) is 0 Å². The first kappa shape index (κ1) is 21.5. The summed E-state index contributed by atoms with van der Waals surface area (Å²) in [5, 5.41) is 2.88. The summed E-state index contributed by atoms with van der Waals surface area (Å²) in [5.74, 6) is -0.181.